The first kappa shape index (κ1) is 25.6. The SMILES string of the molecule is COC1=CC(c2nnc(NS(=O)(=O)[C@@H](C)[C@H](C)c3ncc(C)cn3)n2-c2c(O)cccc2OC)=C=C=N1. The third-order valence-corrected chi connectivity index (χ3v) is 7.65. The van der Waals surface area contributed by atoms with Gasteiger partial charge in [0.25, 0.3) is 0 Å². The van der Waals surface area contributed by atoms with E-state index >= 15 is 0 Å². The summed E-state index contributed by atoms with van der Waals surface area (Å²) < 4.78 is 41.4. The van der Waals surface area contributed by atoms with Gasteiger partial charge in [0, 0.05) is 30.3 Å². The van der Waals surface area contributed by atoms with Crippen molar-refractivity contribution in [3.63, 3.8) is 0 Å². The second-order valence-electron chi connectivity index (χ2n) is 8.22. The lowest BCUT2D eigenvalue weighted by molar-refractivity contribution is 0.289. The van der Waals surface area contributed by atoms with E-state index in [1.165, 1.54) is 30.9 Å². The Kier molecular flexibility index (Phi) is 7.12. The summed E-state index contributed by atoms with van der Waals surface area (Å²) in [5.74, 6) is 2.68. The van der Waals surface area contributed by atoms with Crippen LogP contribution in [-0.4, -0.2) is 63.6 Å². The highest BCUT2D eigenvalue weighted by Gasteiger charge is 2.32. The van der Waals surface area contributed by atoms with Crippen molar-refractivity contribution in [1.82, 2.24) is 24.7 Å². The number of hydrogen-bond donors (Lipinski definition) is 2. The van der Waals surface area contributed by atoms with Gasteiger partial charge in [-0.2, -0.15) is 4.99 Å². The maximum absolute atomic E-state index is 13.5. The van der Waals surface area contributed by atoms with Crippen LogP contribution < -0.4 is 9.46 Å². The molecule has 192 valence electrons. The Morgan fingerprint density at radius 3 is 2.51 bits per heavy atom. The first-order valence-electron chi connectivity index (χ1n) is 11.1. The number of methoxy groups -OCH3 is 2. The predicted molar refractivity (Wildman–Crippen MR) is 136 cm³/mol. The lowest BCUT2D eigenvalue weighted by Crippen LogP contribution is -2.31. The molecule has 2 aromatic heterocycles. The molecule has 0 spiro atoms. The van der Waals surface area contributed by atoms with Crippen molar-refractivity contribution in [2.75, 3.05) is 18.9 Å². The Morgan fingerprint density at radius 2 is 1.84 bits per heavy atom. The number of para-hydroxylation sites is 1. The number of ether oxygens (including phenoxy) is 2. The fraction of sp³-hybridized carbons (Fsp3) is 0.292. The highest BCUT2D eigenvalue weighted by atomic mass is 32.2. The second-order valence-corrected chi connectivity index (χ2v) is 10.3. The number of benzene rings is 1. The van der Waals surface area contributed by atoms with Crippen LogP contribution in [0.4, 0.5) is 5.95 Å². The molecule has 13 heteroatoms. The predicted octanol–water partition coefficient (Wildman–Crippen LogP) is 2.72. The Morgan fingerprint density at radius 1 is 1.11 bits per heavy atom. The van der Waals surface area contributed by atoms with E-state index in [2.05, 4.69) is 41.5 Å². The molecule has 0 saturated carbocycles. The van der Waals surface area contributed by atoms with Gasteiger partial charge in [0.15, 0.2) is 5.82 Å². The molecule has 2 N–H and O–H groups in total. The number of aliphatic imine (C=N–C) groups is 1. The van der Waals surface area contributed by atoms with Crippen LogP contribution in [0.15, 0.2) is 53.3 Å². The molecular formula is C24H25N7O5S. The van der Waals surface area contributed by atoms with Crippen molar-refractivity contribution in [2.45, 2.75) is 31.9 Å². The van der Waals surface area contributed by atoms with Crippen LogP contribution in [0.1, 0.15) is 37.0 Å². The highest BCUT2D eigenvalue weighted by Crippen LogP contribution is 2.37. The molecule has 12 nitrogen and oxygen atoms in total. The molecule has 0 bridgehead atoms. The minimum atomic E-state index is -4.05. The van der Waals surface area contributed by atoms with Gasteiger partial charge in [-0.25, -0.2) is 18.4 Å². The average Bonchev–Trinajstić information content (AvgIpc) is 3.30. The number of nitrogens with zero attached hydrogens (tertiary/aromatic N) is 6. The smallest absolute Gasteiger partial charge is 0.243 e. The van der Waals surface area contributed by atoms with E-state index in [1.54, 1.807) is 38.4 Å². The first-order valence-corrected chi connectivity index (χ1v) is 12.7. The van der Waals surface area contributed by atoms with Crippen molar-refractivity contribution < 1.29 is 23.0 Å². The Labute approximate surface area is 213 Å². The minimum Gasteiger partial charge on any atom is -0.506 e. The van der Waals surface area contributed by atoms with E-state index in [4.69, 9.17) is 9.47 Å². The monoisotopic (exact) mass is 523 g/mol. The van der Waals surface area contributed by atoms with Gasteiger partial charge in [-0.3, -0.25) is 9.29 Å². The standard InChI is InChI=1S/C24H25N7O5S/c1-14-12-26-22(27-13-14)15(2)16(3)37(33,34)30-24-29-28-23(17-9-10-25-20(11-17)36-5)31(24)21-18(32)7-6-8-19(21)35-4/h6-8,11-13,15-16,32H,1-5H3,(H,29,30)/t15-,16-/m0/s1. The molecule has 3 heterocycles. The van der Waals surface area contributed by atoms with Gasteiger partial charge < -0.3 is 14.6 Å². The normalized spacial score (nSPS) is 14.5. The van der Waals surface area contributed by atoms with Crippen LogP contribution in [0.25, 0.3) is 11.3 Å². The topological polar surface area (TPSA) is 154 Å². The summed E-state index contributed by atoms with van der Waals surface area (Å²) in [6.45, 7) is 5.13. The summed E-state index contributed by atoms with van der Waals surface area (Å²) in [4.78, 5) is 12.5. The summed E-state index contributed by atoms with van der Waals surface area (Å²) in [6.07, 6.45) is 4.80. The van der Waals surface area contributed by atoms with Gasteiger partial charge >= 0.3 is 0 Å². The molecule has 0 amide bonds. The third-order valence-electron chi connectivity index (χ3n) is 5.79. The average molecular weight is 524 g/mol. The fourth-order valence-corrected chi connectivity index (χ4v) is 4.77. The summed E-state index contributed by atoms with van der Waals surface area (Å²) in [5.41, 5.74) is 4.14. The number of aryl methyl sites for hydroxylation is 1. The zero-order valence-corrected chi connectivity index (χ0v) is 21.6. The number of aromatic hydroxyl groups is 1. The molecular weight excluding hydrogens is 498 g/mol. The number of anilines is 1. The molecule has 0 saturated heterocycles. The largest absolute Gasteiger partial charge is 0.506 e. The number of sulfonamides is 1. The molecule has 0 unspecified atom stereocenters. The second kappa shape index (κ2) is 10.3. The number of rotatable bonds is 9. The quantitative estimate of drug-likeness (QED) is 0.403. The van der Waals surface area contributed by atoms with Crippen molar-refractivity contribution in [3.8, 4) is 17.2 Å². The van der Waals surface area contributed by atoms with Gasteiger partial charge in [0.05, 0.1) is 25.0 Å². The van der Waals surface area contributed by atoms with Crippen LogP contribution in [-0.2, 0) is 14.8 Å². The van der Waals surface area contributed by atoms with Crippen LogP contribution in [0, 0.1) is 6.92 Å². The molecule has 1 aromatic carbocycles. The van der Waals surface area contributed by atoms with Crippen LogP contribution >= 0.6 is 0 Å². The van der Waals surface area contributed by atoms with E-state index in [-0.39, 0.29) is 34.8 Å². The first-order chi connectivity index (χ1) is 17.7. The van der Waals surface area contributed by atoms with Crippen molar-refractivity contribution in [2.24, 2.45) is 4.99 Å². The third kappa shape index (κ3) is 5.10. The Balaban J connectivity index is 1.82. The van der Waals surface area contributed by atoms with Crippen LogP contribution in [0.3, 0.4) is 0 Å². The maximum atomic E-state index is 13.5. The molecule has 2 atom stereocenters. The molecule has 0 radical (unpaired) electrons. The molecule has 1 aliphatic rings. The number of nitrogens with one attached hydrogen (secondary N) is 1. The van der Waals surface area contributed by atoms with E-state index < -0.39 is 21.2 Å². The Bertz CT molecular complexity index is 1570. The van der Waals surface area contributed by atoms with Gasteiger partial charge in [-0.05, 0) is 37.3 Å². The molecule has 0 aliphatic carbocycles. The van der Waals surface area contributed by atoms with Crippen molar-refractivity contribution in [3.05, 3.63) is 65.5 Å². The Hall–Kier alpha value is -4.44. The van der Waals surface area contributed by atoms with Crippen LogP contribution in [0.5, 0.6) is 11.5 Å². The van der Waals surface area contributed by atoms with Crippen molar-refractivity contribution in [1.29, 1.82) is 0 Å². The van der Waals surface area contributed by atoms with Gasteiger partial charge in [-0.1, -0.05) is 13.0 Å². The zero-order valence-electron chi connectivity index (χ0n) is 20.8. The molecule has 4 rings (SSSR count). The molecule has 37 heavy (non-hydrogen) atoms. The van der Waals surface area contributed by atoms with E-state index in [1.807, 2.05) is 6.92 Å². The maximum Gasteiger partial charge on any atom is 0.243 e. The summed E-state index contributed by atoms with van der Waals surface area (Å²) in [5, 5.41) is 18.1. The van der Waals surface area contributed by atoms with E-state index in [9.17, 15) is 13.5 Å². The van der Waals surface area contributed by atoms with E-state index in [0.29, 0.717) is 11.4 Å². The van der Waals surface area contributed by atoms with E-state index in [0.717, 1.165) is 5.56 Å². The summed E-state index contributed by atoms with van der Waals surface area (Å²) >= 11 is 0. The number of phenolic OH excluding ortho intramolecular Hbond substituents is 1. The lowest BCUT2D eigenvalue weighted by atomic mass is 10.1. The molecule has 0 fully saturated rings. The van der Waals surface area contributed by atoms with Crippen molar-refractivity contribution >= 4 is 27.4 Å². The minimum absolute atomic E-state index is 0.120. The fourth-order valence-electron chi connectivity index (χ4n) is 3.53. The highest BCUT2D eigenvalue weighted by molar-refractivity contribution is 7.93. The van der Waals surface area contributed by atoms with Gasteiger partial charge in [0.1, 0.15) is 23.0 Å². The van der Waals surface area contributed by atoms with Crippen LogP contribution in [0.2, 0.25) is 0 Å². The summed E-state index contributed by atoms with van der Waals surface area (Å²) in [6, 6.07) is 4.63. The summed E-state index contributed by atoms with van der Waals surface area (Å²) in [7, 11) is -1.18. The van der Waals surface area contributed by atoms with Gasteiger partial charge in [0.2, 0.25) is 21.9 Å². The lowest BCUT2D eigenvalue weighted by Gasteiger charge is -2.21. The van der Waals surface area contributed by atoms with Gasteiger partial charge in [-0.15, -0.1) is 10.2 Å². The number of phenols is 1. The zero-order chi connectivity index (χ0) is 26.7. The number of aromatic nitrogens is 5. The molecule has 1 aliphatic heterocycles. The molecule has 3 aromatic rings. The number of allylic oxidation sites excluding steroid dienone is 2. The number of hydrogen-bond acceptors (Lipinski definition) is 10.